The van der Waals surface area contributed by atoms with Gasteiger partial charge < -0.3 is 5.11 Å². The molecule has 0 aromatic heterocycles. The van der Waals surface area contributed by atoms with Crippen LogP contribution < -0.4 is 0 Å². The summed E-state index contributed by atoms with van der Waals surface area (Å²) in [6.07, 6.45) is 16.7. The highest BCUT2D eigenvalue weighted by molar-refractivity contribution is 9.12. The molecular weight excluding hydrogens is 354 g/mol. The Morgan fingerprint density at radius 3 is 2.24 bits per heavy atom. The maximum absolute atomic E-state index is 10.5. The van der Waals surface area contributed by atoms with Crippen molar-refractivity contribution in [2.75, 3.05) is 0 Å². The van der Waals surface area contributed by atoms with Gasteiger partial charge in [-0.25, -0.2) is 4.79 Å². The van der Waals surface area contributed by atoms with E-state index < -0.39 is 12.0 Å². The summed E-state index contributed by atoms with van der Waals surface area (Å²) in [7, 11) is 0. The van der Waals surface area contributed by atoms with Crippen LogP contribution in [-0.2, 0) is 4.79 Å². The van der Waals surface area contributed by atoms with E-state index in [2.05, 4.69) is 20.9 Å². The number of unbranched alkanes of at least 4 members (excludes halogenated alkanes) is 8. The molecule has 1 atom stereocenters. The number of carboxylic acids is 1. The normalized spacial score (nSPS) is 18.1. The third-order valence-corrected chi connectivity index (χ3v) is 3.86. The van der Waals surface area contributed by atoms with E-state index in [1.54, 1.807) is 0 Å². The molecule has 0 bridgehead atoms. The van der Waals surface area contributed by atoms with Crippen LogP contribution in [0.5, 0.6) is 0 Å². The molecule has 1 rings (SSSR count). The highest BCUT2D eigenvalue weighted by Gasteiger charge is 2.32. The second kappa shape index (κ2) is 11.0. The van der Waals surface area contributed by atoms with Gasteiger partial charge in [-0.1, -0.05) is 55.9 Å². The van der Waals surface area contributed by atoms with E-state index >= 15 is 0 Å². The highest BCUT2D eigenvalue weighted by Crippen LogP contribution is 2.15. The Labute approximate surface area is 140 Å². The molecule has 0 saturated heterocycles. The first kappa shape index (κ1) is 18.4. The van der Waals surface area contributed by atoms with Gasteiger partial charge in [-0.15, -0.1) is 0 Å². The van der Waals surface area contributed by atoms with Crippen LogP contribution in [0.15, 0.2) is 27.2 Å². The molecule has 1 N–H and O–H groups in total. The van der Waals surface area contributed by atoms with E-state index in [-0.39, 0.29) is 0 Å². The Bertz CT molecular complexity index is 415. The fraction of sp³-hybridized carbons (Fsp3) is 0.625. The van der Waals surface area contributed by atoms with Gasteiger partial charge in [0.1, 0.15) is 0 Å². The van der Waals surface area contributed by atoms with Gasteiger partial charge in [-0.2, -0.15) is 0 Å². The Balaban J connectivity index is 1.81. The van der Waals surface area contributed by atoms with E-state index in [1.807, 2.05) is 18.2 Å². The number of carbonyl (C=O) groups is 1. The molecule has 0 aliphatic carbocycles. The first-order valence-electron chi connectivity index (χ1n) is 7.59. The summed E-state index contributed by atoms with van der Waals surface area (Å²) in [6, 6.07) is -0.560. The molecule has 0 saturated carbocycles. The number of aliphatic carboxylic acids is 1. The number of halogens is 2. The van der Waals surface area contributed by atoms with Gasteiger partial charge in [0.2, 0.25) is 0 Å². The monoisotopic (exact) mass is 375 g/mol. The van der Waals surface area contributed by atoms with Crippen molar-refractivity contribution in [3.63, 3.8) is 0 Å². The number of rotatable bonds is 12. The van der Waals surface area contributed by atoms with Crippen molar-refractivity contribution in [3.05, 3.63) is 22.2 Å². The summed E-state index contributed by atoms with van der Waals surface area (Å²) in [5, 5.41) is 8.67. The lowest BCUT2D eigenvalue weighted by Crippen LogP contribution is -2.09. The van der Waals surface area contributed by atoms with Crippen LogP contribution in [0.4, 0.5) is 0 Å². The highest BCUT2D eigenvalue weighted by atomic mass is 79.9. The van der Waals surface area contributed by atoms with Crippen LogP contribution in [0.3, 0.4) is 0 Å². The zero-order chi connectivity index (χ0) is 15.5. The molecule has 1 heterocycles. The van der Waals surface area contributed by atoms with Crippen molar-refractivity contribution in [2.45, 2.75) is 63.8 Å². The summed E-state index contributed by atoms with van der Waals surface area (Å²) in [6.45, 7) is 0. The Hall–Kier alpha value is -0.610. The van der Waals surface area contributed by atoms with Crippen molar-refractivity contribution >= 4 is 39.2 Å². The van der Waals surface area contributed by atoms with Gasteiger partial charge in [-0.05, 0) is 47.7 Å². The largest absolute Gasteiger partial charge is 0.479 e. The Morgan fingerprint density at radius 2 is 1.71 bits per heavy atom. The number of hydrogen-bond donors (Lipinski definition) is 1. The van der Waals surface area contributed by atoms with Gasteiger partial charge in [0.05, 0.1) is 9.65 Å². The van der Waals surface area contributed by atoms with Crippen LogP contribution in [0, 0.1) is 0 Å². The van der Waals surface area contributed by atoms with Crippen LogP contribution in [-0.4, -0.2) is 22.8 Å². The van der Waals surface area contributed by atoms with Crippen LogP contribution in [0.1, 0.15) is 57.8 Å². The Morgan fingerprint density at radius 1 is 1.14 bits per heavy atom. The fourth-order valence-corrected chi connectivity index (χ4v) is 2.47. The first-order valence-corrected chi connectivity index (χ1v) is 8.76. The minimum atomic E-state index is -0.844. The first-order chi connectivity index (χ1) is 10.1. The molecule has 3 nitrogen and oxygen atoms in total. The molecule has 1 aliphatic heterocycles. The lowest BCUT2D eigenvalue weighted by atomic mass is 10.1. The molecule has 0 radical (unpaired) electrons. The van der Waals surface area contributed by atoms with Crippen molar-refractivity contribution in [1.29, 1.82) is 0 Å². The van der Waals surface area contributed by atoms with Crippen LogP contribution >= 0.6 is 27.5 Å². The molecule has 118 valence electrons. The smallest absolute Gasteiger partial charge is 0.334 e. The number of hydrogen-bond acceptors (Lipinski definition) is 2. The molecule has 1 aliphatic rings. The van der Waals surface area contributed by atoms with Crippen molar-refractivity contribution in [2.24, 2.45) is 4.99 Å². The molecule has 0 fully saturated rings. The molecule has 0 spiro atoms. The zero-order valence-corrected chi connectivity index (χ0v) is 14.6. The quantitative estimate of drug-likeness (QED) is 0.461. The topological polar surface area (TPSA) is 49.7 Å². The maximum atomic E-state index is 10.5. The summed E-state index contributed by atoms with van der Waals surface area (Å²) in [4.78, 5) is 14.4. The molecule has 0 aromatic rings. The van der Waals surface area contributed by atoms with E-state index in [9.17, 15) is 4.79 Å². The van der Waals surface area contributed by atoms with Crippen molar-refractivity contribution < 1.29 is 9.90 Å². The van der Waals surface area contributed by atoms with Gasteiger partial charge in [0.15, 0.2) is 6.04 Å². The van der Waals surface area contributed by atoms with Gasteiger partial charge in [0, 0.05) is 0 Å². The average Bonchev–Trinajstić information content (AvgIpc) is 3.19. The molecule has 0 unspecified atom stereocenters. The molecule has 0 aromatic carbocycles. The lowest BCUT2D eigenvalue weighted by molar-refractivity contribution is -0.135. The van der Waals surface area contributed by atoms with Gasteiger partial charge in [-0.3, -0.25) is 4.99 Å². The number of allylic oxidation sites excluding steroid dienone is 2. The summed E-state index contributed by atoms with van der Waals surface area (Å²) >= 11 is 8.89. The molecule has 21 heavy (non-hydrogen) atoms. The Kier molecular flexibility index (Phi) is 9.68. The minimum absolute atomic E-state index is 0.560. The number of nitrogens with zero attached hydrogens (tertiary/aromatic N) is 1. The predicted molar refractivity (Wildman–Crippen MR) is 92.4 cm³/mol. The second-order valence-electron chi connectivity index (χ2n) is 5.24. The lowest BCUT2D eigenvalue weighted by Gasteiger charge is -2.00. The van der Waals surface area contributed by atoms with E-state index in [0.29, 0.717) is 9.65 Å². The molecule has 5 heteroatoms. The zero-order valence-electron chi connectivity index (χ0n) is 12.2. The SMILES string of the molecule is O=C(O)[C@H]1N=C1/C=C\CCCCCCCCC/C=C(/Cl)Br. The van der Waals surface area contributed by atoms with Crippen molar-refractivity contribution in [1.82, 2.24) is 0 Å². The van der Waals surface area contributed by atoms with Gasteiger partial charge >= 0.3 is 5.97 Å². The van der Waals surface area contributed by atoms with Crippen LogP contribution in [0.2, 0.25) is 0 Å². The molecule has 0 amide bonds. The summed E-state index contributed by atoms with van der Waals surface area (Å²) in [5.74, 6) is -0.844. The third-order valence-electron chi connectivity index (χ3n) is 3.39. The summed E-state index contributed by atoms with van der Waals surface area (Å²) in [5.41, 5.74) is 0.708. The van der Waals surface area contributed by atoms with E-state index in [0.717, 1.165) is 12.8 Å². The molecular formula is C16H23BrClNO2. The minimum Gasteiger partial charge on any atom is -0.479 e. The van der Waals surface area contributed by atoms with E-state index in [4.69, 9.17) is 16.7 Å². The third kappa shape index (κ3) is 9.86. The van der Waals surface area contributed by atoms with Crippen molar-refractivity contribution in [3.8, 4) is 0 Å². The van der Waals surface area contributed by atoms with Crippen LogP contribution in [0.25, 0.3) is 0 Å². The van der Waals surface area contributed by atoms with E-state index in [1.165, 1.54) is 44.9 Å². The fourth-order valence-electron chi connectivity index (χ4n) is 2.13. The maximum Gasteiger partial charge on any atom is 0.334 e. The predicted octanol–water partition coefficient (Wildman–Crippen LogP) is 5.44. The van der Waals surface area contributed by atoms with Gasteiger partial charge in [0.25, 0.3) is 0 Å². The standard InChI is InChI=1S/C16H23BrClNO2/c17-14(18)12-10-8-6-4-2-1-3-5-7-9-11-13-15(19-13)16(20)21/h9,11-12,15H,1-8,10H2,(H,20,21)/b11-9-,14-12+/t15-/m0/s1. The summed E-state index contributed by atoms with van der Waals surface area (Å²) < 4.78 is 0.711. The second-order valence-corrected chi connectivity index (χ2v) is 6.96. The number of aliphatic imine (C=N–C) groups is 1. The average molecular weight is 377 g/mol. The number of carboxylic acid groups (broad SMARTS) is 1.